The molecule has 1 fully saturated rings. The molecule has 3 aromatic rings. The van der Waals surface area contributed by atoms with Crippen LogP contribution in [0.3, 0.4) is 0 Å². The van der Waals surface area contributed by atoms with Crippen LogP contribution in [0.1, 0.15) is 34.5 Å². The van der Waals surface area contributed by atoms with Gasteiger partial charge >= 0.3 is 0 Å². The zero-order valence-corrected chi connectivity index (χ0v) is 15.9. The van der Waals surface area contributed by atoms with Crippen molar-refractivity contribution in [2.75, 3.05) is 13.1 Å². The summed E-state index contributed by atoms with van der Waals surface area (Å²) in [6, 6.07) is 16.3. The minimum Gasteiger partial charge on any atom is -0.348 e. The quantitative estimate of drug-likeness (QED) is 0.720. The Morgan fingerprint density at radius 3 is 2.79 bits per heavy atom. The Labute approximate surface area is 165 Å². The first-order chi connectivity index (χ1) is 13.8. The third-order valence-corrected chi connectivity index (χ3v) is 5.04. The summed E-state index contributed by atoms with van der Waals surface area (Å²) in [6.07, 6.45) is 7.36. The van der Waals surface area contributed by atoms with E-state index in [9.17, 15) is 4.79 Å². The van der Waals surface area contributed by atoms with E-state index < -0.39 is 0 Å². The summed E-state index contributed by atoms with van der Waals surface area (Å²) < 4.78 is 1.80. The van der Waals surface area contributed by atoms with Gasteiger partial charge in [-0.3, -0.25) is 19.4 Å². The number of nitrogens with zero attached hydrogens (tertiary/aromatic N) is 4. The van der Waals surface area contributed by atoms with Gasteiger partial charge in [-0.25, -0.2) is 0 Å². The molecule has 28 heavy (non-hydrogen) atoms. The summed E-state index contributed by atoms with van der Waals surface area (Å²) in [7, 11) is 0. The van der Waals surface area contributed by atoms with Gasteiger partial charge in [-0.1, -0.05) is 36.4 Å². The van der Waals surface area contributed by atoms with Gasteiger partial charge in [0.05, 0.1) is 24.0 Å². The molecule has 1 aliphatic heterocycles. The Hall–Kier alpha value is -2.99. The molecule has 0 spiro atoms. The van der Waals surface area contributed by atoms with Crippen LogP contribution in [0, 0.1) is 0 Å². The van der Waals surface area contributed by atoms with E-state index in [2.05, 4.69) is 32.4 Å². The van der Waals surface area contributed by atoms with Crippen LogP contribution in [-0.2, 0) is 13.1 Å². The number of benzene rings is 1. The molecule has 1 aliphatic rings. The number of rotatable bonds is 6. The van der Waals surface area contributed by atoms with Crippen molar-refractivity contribution in [3.63, 3.8) is 0 Å². The van der Waals surface area contributed by atoms with Gasteiger partial charge in [0.15, 0.2) is 0 Å². The van der Waals surface area contributed by atoms with Crippen molar-refractivity contribution in [3.8, 4) is 0 Å². The molecule has 0 radical (unpaired) electrons. The number of carbonyl (C=O) groups is 1. The fourth-order valence-electron chi connectivity index (χ4n) is 3.64. The lowest BCUT2D eigenvalue weighted by Gasteiger charge is -2.32. The molecule has 0 saturated carbocycles. The molecular formula is C22H25N5O. The third kappa shape index (κ3) is 4.84. The smallest absolute Gasteiger partial charge is 0.254 e. The van der Waals surface area contributed by atoms with Crippen molar-refractivity contribution in [3.05, 3.63) is 83.9 Å². The van der Waals surface area contributed by atoms with E-state index in [1.54, 1.807) is 10.9 Å². The second-order valence-corrected chi connectivity index (χ2v) is 7.28. The van der Waals surface area contributed by atoms with Crippen molar-refractivity contribution in [1.82, 2.24) is 25.0 Å². The number of piperidine rings is 1. The predicted molar refractivity (Wildman–Crippen MR) is 108 cm³/mol. The standard InChI is InChI=1S/C22H25N5O/c28-22(19-13-24-27(15-19)14-18-7-2-1-3-8-18)25-21-10-6-12-26(17-21)16-20-9-4-5-11-23-20/h1-5,7-9,11,13,15,21H,6,10,12,14,16-17H2,(H,25,28). The minimum absolute atomic E-state index is 0.0519. The predicted octanol–water partition coefficient (Wildman–Crippen LogP) is 2.72. The topological polar surface area (TPSA) is 63.1 Å². The lowest BCUT2D eigenvalue weighted by molar-refractivity contribution is 0.0900. The second kappa shape index (κ2) is 8.80. The first kappa shape index (κ1) is 18.4. The van der Waals surface area contributed by atoms with Gasteiger partial charge in [0, 0.05) is 31.5 Å². The molecule has 1 saturated heterocycles. The summed E-state index contributed by atoms with van der Waals surface area (Å²) in [4.78, 5) is 19.4. The van der Waals surface area contributed by atoms with Crippen LogP contribution in [0.5, 0.6) is 0 Å². The first-order valence-electron chi connectivity index (χ1n) is 9.76. The van der Waals surface area contributed by atoms with Crippen LogP contribution in [0.15, 0.2) is 67.1 Å². The van der Waals surface area contributed by atoms with E-state index in [0.29, 0.717) is 12.1 Å². The van der Waals surface area contributed by atoms with Gasteiger partial charge in [-0.15, -0.1) is 0 Å². The molecule has 144 valence electrons. The molecule has 1 N–H and O–H groups in total. The van der Waals surface area contributed by atoms with Gasteiger partial charge in [-0.2, -0.15) is 5.10 Å². The Morgan fingerprint density at radius 2 is 1.96 bits per heavy atom. The summed E-state index contributed by atoms with van der Waals surface area (Å²) in [5.41, 5.74) is 2.84. The van der Waals surface area contributed by atoms with Gasteiger partial charge in [0.1, 0.15) is 0 Å². The largest absolute Gasteiger partial charge is 0.348 e. The zero-order valence-electron chi connectivity index (χ0n) is 15.9. The molecule has 1 aromatic carbocycles. The van der Waals surface area contributed by atoms with E-state index in [4.69, 9.17) is 0 Å². The van der Waals surface area contributed by atoms with Crippen LogP contribution < -0.4 is 5.32 Å². The number of likely N-dealkylation sites (tertiary alicyclic amines) is 1. The van der Waals surface area contributed by atoms with Gasteiger partial charge < -0.3 is 5.32 Å². The van der Waals surface area contributed by atoms with Crippen molar-refractivity contribution >= 4 is 5.91 Å². The highest BCUT2D eigenvalue weighted by Crippen LogP contribution is 2.13. The van der Waals surface area contributed by atoms with E-state index in [-0.39, 0.29) is 11.9 Å². The average molecular weight is 375 g/mol. The molecule has 6 heteroatoms. The normalized spacial score (nSPS) is 17.4. The maximum atomic E-state index is 12.6. The number of aromatic nitrogens is 3. The maximum absolute atomic E-state index is 12.6. The molecule has 6 nitrogen and oxygen atoms in total. The minimum atomic E-state index is -0.0519. The van der Waals surface area contributed by atoms with Crippen molar-refractivity contribution in [2.24, 2.45) is 0 Å². The fourth-order valence-corrected chi connectivity index (χ4v) is 3.64. The molecule has 4 rings (SSSR count). The molecule has 1 atom stereocenters. The molecule has 0 bridgehead atoms. The summed E-state index contributed by atoms with van der Waals surface area (Å²) in [5.74, 6) is -0.0519. The second-order valence-electron chi connectivity index (χ2n) is 7.28. The van der Waals surface area contributed by atoms with Crippen LogP contribution in [-0.4, -0.2) is 44.7 Å². The van der Waals surface area contributed by atoms with E-state index >= 15 is 0 Å². The van der Waals surface area contributed by atoms with Gasteiger partial charge in [-0.05, 0) is 37.1 Å². The van der Waals surface area contributed by atoms with Crippen LogP contribution in [0.2, 0.25) is 0 Å². The zero-order chi connectivity index (χ0) is 19.2. The lowest BCUT2D eigenvalue weighted by Crippen LogP contribution is -2.47. The number of pyridine rings is 1. The van der Waals surface area contributed by atoms with Crippen molar-refractivity contribution in [2.45, 2.75) is 32.0 Å². The van der Waals surface area contributed by atoms with E-state index in [1.807, 2.05) is 48.8 Å². The molecule has 2 aromatic heterocycles. The van der Waals surface area contributed by atoms with Crippen LogP contribution in [0.25, 0.3) is 0 Å². The average Bonchev–Trinajstić information content (AvgIpc) is 3.18. The SMILES string of the molecule is O=C(NC1CCCN(Cc2ccccn2)C1)c1cnn(Cc2ccccc2)c1. The molecule has 3 heterocycles. The Bertz CT molecular complexity index is 894. The van der Waals surface area contributed by atoms with E-state index in [1.165, 1.54) is 0 Å². The monoisotopic (exact) mass is 375 g/mol. The molecule has 0 aliphatic carbocycles. The van der Waals surface area contributed by atoms with Crippen molar-refractivity contribution in [1.29, 1.82) is 0 Å². The van der Waals surface area contributed by atoms with Crippen LogP contribution >= 0.6 is 0 Å². The number of amides is 1. The first-order valence-corrected chi connectivity index (χ1v) is 9.76. The number of nitrogens with one attached hydrogen (secondary N) is 1. The highest BCUT2D eigenvalue weighted by molar-refractivity contribution is 5.93. The van der Waals surface area contributed by atoms with Crippen molar-refractivity contribution < 1.29 is 4.79 Å². The maximum Gasteiger partial charge on any atom is 0.254 e. The number of carbonyl (C=O) groups excluding carboxylic acids is 1. The summed E-state index contributed by atoms with van der Waals surface area (Å²) in [5, 5.41) is 7.51. The molecule has 1 amide bonds. The number of hydrogen-bond donors (Lipinski definition) is 1. The van der Waals surface area contributed by atoms with Gasteiger partial charge in [0.25, 0.3) is 5.91 Å². The van der Waals surface area contributed by atoms with Crippen LogP contribution in [0.4, 0.5) is 0 Å². The highest BCUT2D eigenvalue weighted by Gasteiger charge is 2.22. The Balaban J connectivity index is 1.32. The molecular weight excluding hydrogens is 350 g/mol. The summed E-state index contributed by atoms with van der Waals surface area (Å²) in [6.45, 7) is 3.37. The van der Waals surface area contributed by atoms with E-state index in [0.717, 1.165) is 43.7 Å². The Morgan fingerprint density at radius 1 is 1.11 bits per heavy atom. The number of hydrogen-bond acceptors (Lipinski definition) is 4. The Kier molecular flexibility index (Phi) is 5.77. The fraction of sp³-hybridized carbons (Fsp3) is 0.318. The molecule has 1 unspecified atom stereocenters. The third-order valence-electron chi connectivity index (χ3n) is 5.04. The summed E-state index contributed by atoms with van der Waals surface area (Å²) >= 11 is 0. The lowest BCUT2D eigenvalue weighted by atomic mass is 10.0. The van der Waals surface area contributed by atoms with Gasteiger partial charge in [0.2, 0.25) is 0 Å². The highest BCUT2D eigenvalue weighted by atomic mass is 16.1.